The van der Waals surface area contributed by atoms with Crippen LogP contribution in [-0.4, -0.2) is 20.7 Å². The maximum absolute atomic E-state index is 12.4. The SMILES string of the molecule is Cc1cc(=O)c2ccccc2n1CC(=O)NCc1n[nH]c2c1CCC2. The molecule has 6 heteroatoms. The molecule has 4 rings (SSSR count). The minimum atomic E-state index is -0.0911. The van der Waals surface area contributed by atoms with Crippen molar-refractivity contribution in [1.82, 2.24) is 20.1 Å². The zero-order valence-electron chi connectivity index (χ0n) is 14.1. The van der Waals surface area contributed by atoms with Crippen LogP contribution in [0.1, 0.15) is 29.1 Å². The zero-order valence-corrected chi connectivity index (χ0v) is 14.1. The van der Waals surface area contributed by atoms with E-state index < -0.39 is 0 Å². The van der Waals surface area contributed by atoms with Crippen LogP contribution in [-0.2, 0) is 30.7 Å². The second kappa shape index (κ2) is 6.20. The highest BCUT2D eigenvalue weighted by molar-refractivity contribution is 5.82. The van der Waals surface area contributed by atoms with Crippen molar-refractivity contribution >= 4 is 16.8 Å². The van der Waals surface area contributed by atoms with Crippen molar-refractivity contribution in [2.75, 3.05) is 0 Å². The minimum Gasteiger partial charge on any atom is -0.349 e. The van der Waals surface area contributed by atoms with E-state index in [-0.39, 0.29) is 17.9 Å². The van der Waals surface area contributed by atoms with Gasteiger partial charge in [-0.25, -0.2) is 0 Å². The number of rotatable bonds is 4. The van der Waals surface area contributed by atoms with E-state index in [2.05, 4.69) is 15.5 Å². The molecule has 0 fully saturated rings. The molecular weight excluding hydrogens is 316 g/mol. The zero-order chi connectivity index (χ0) is 17.4. The average Bonchev–Trinajstić information content (AvgIpc) is 3.21. The molecule has 1 amide bonds. The van der Waals surface area contributed by atoms with Gasteiger partial charge in [-0.3, -0.25) is 14.7 Å². The van der Waals surface area contributed by atoms with E-state index in [1.165, 1.54) is 11.3 Å². The Morgan fingerprint density at radius 2 is 2.16 bits per heavy atom. The molecule has 1 aliphatic carbocycles. The summed E-state index contributed by atoms with van der Waals surface area (Å²) in [5.41, 5.74) is 4.93. The highest BCUT2D eigenvalue weighted by atomic mass is 16.2. The smallest absolute Gasteiger partial charge is 0.240 e. The number of pyridine rings is 1. The van der Waals surface area contributed by atoms with Crippen LogP contribution in [0, 0.1) is 6.92 Å². The molecule has 2 aromatic heterocycles. The van der Waals surface area contributed by atoms with Crippen molar-refractivity contribution in [2.24, 2.45) is 0 Å². The minimum absolute atomic E-state index is 0.0168. The largest absolute Gasteiger partial charge is 0.349 e. The Hall–Kier alpha value is -2.89. The topological polar surface area (TPSA) is 79.8 Å². The molecule has 0 saturated carbocycles. The van der Waals surface area contributed by atoms with Gasteiger partial charge in [-0.05, 0) is 43.9 Å². The number of benzene rings is 1. The fourth-order valence-corrected chi connectivity index (χ4v) is 3.58. The summed E-state index contributed by atoms with van der Waals surface area (Å²) in [4.78, 5) is 24.5. The van der Waals surface area contributed by atoms with Crippen molar-refractivity contribution < 1.29 is 4.79 Å². The second-order valence-electron chi connectivity index (χ2n) is 6.51. The van der Waals surface area contributed by atoms with Crippen molar-refractivity contribution in [1.29, 1.82) is 0 Å². The van der Waals surface area contributed by atoms with Gasteiger partial charge in [0.05, 0.1) is 17.8 Å². The van der Waals surface area contributed by atoms with Crippen LogP contribution < -0.4 is 10.7 Å². The van der Waals surface area contributed by atoms with Crippen molar-refractivity contribution in [2.45, 2.75) is 39.3 Å². The second-order valence-corrected chi connectivity index (χ2v) is 6.51. The van der Waals surface area contributed by atoms with E-state index >= 15 is 0 Å². The van der Waals surface area contributed by atoms with E-state index in [0.29, 0.717) is 11.9 Å². The molecule has 128 valence electrons. The number of fused-ring (bicyclic) bond motifs is 2. The lowest BCUT2D eigenvalue weighted by atomic mass is 10.2. The third-order valence-electron chi connectivity index (χ3n) is 4.87. The maximum atomic E-state index is 12.4. The molecule has 6 nitrogen and oxygen atoms in total. The van der Waals surface area contributed by atoms with Crippen LogP contribution in [0.4, 0.5) is 0 Å². The lowest BCUT2D eigenvalue weighted by Crippen LogP contribution is -2.29. The van der Waals surface area contributed by atoms with Gasteiger partial charge in [-0.2, -0.15) is 5.10 Å². The van der Waals surface area contributed by atoms with Crippen molar-refractivity contribution in [3.63, 3.8) is 0 Å². The van der Waals surface area contributed by atoms with Gasteiger partial charge in [0, 0.05) is 22.8 Å². The number of aryl methyl sites for hydroxylation is 2. The molecule has 0 spiro atoms. The van der Waals surface area contributed by atoms with Crippen LogP contribution in [0.5, 0.6) is 0 Å². The number of para-hydroxylation sites is 1. The highest BCUT2D eigenvalue weighted by Gasteiger charge is 2.18. The molecule has 1 aliphatic rings. The van der Waals surface area contributed by atoms with Gasteiger partial charge in [0.25, 0.3) is 0 Å². The molecule has 1 aromatic carbocycles. The molecule has 3 aromatic rings. The molecule has 0 atom stereocenters. The van der Waals surface area contributed by atoms with Crippen LogP contribution in [0.15, 0.2) is 35.1 Å². The standard InChI is InChI=1S/C19H20N4O2/c1-12-9-18(24)14-5-2-3-8-17(14)23(12)11-19(25)20-10-16-13-6-4-7-15(13)21-22-16/h2-3,5,8-9H,4,6-7,10-11H2,1H3,(H,20,25)(H,21,22). The average molecular weight is 336 g/mol. The lowest BCUT2D eigenvalue weighted by molar-refractivity contribution is -0.121. The Morgan fingerprint density at radius 3 is 3.04 bits per heavy atom. The predicted octanol–water partition coefficient (Wildman–Crippen LogP) is 1.84. The Bertz CT molecular complexity index is 1020. The summed E-state index contributed by atoms with van der Waals surface area (Å²) in [7, 11) is 0. The van der Waals surface area contributed by atoms with E-state index in [4.69, 9.17) is 0 Å². The number of H-pyrrole nitrogens is 1. The first-order valence-corrected chi connectivity index (χ1v) is 8.54. The number of carbonyl (C=O) groups is 1. The molecule has 0 aliphatic heterocycles. The number of aromatic amines is 1. The number of nitrogens with zero attached hydrogens (tertiary/aromatic N) is 2. The molecule has 2 heterocycles. The van der Waals surface area contributed by atoms with Gasteiger partial charge in [-0.1, -0.05) is 12.1 Å². The summed E-state index contributed by atoms with van der Waals surface area (Å²) < 4.78 is 1.88. The van der Waals surface area contributed by atoms with E-state index in [1.807, 2.05) is 29.7 Å². The Kier molecular flexibility index (Phi) is 3.87. The third kappa shape index (κ3) is 2.84. The Morgan fingerprint density at radius 1 is 1.32 bits per heavy atom. The molecule has 0 saturated heterocycles. The van der Waals surface area contributed by atoms with Gasteiger partial charge in [-0.15, -0.1) is 0 Å². The number of amides is 1. The maximum Gasteiger partial charge on any atom is 0.240 e. The summed E-state index contributed by atoms with van der Waals surface area (Å²) >= 11 is 0. The quantitative estimate of drug-likeness (QED) is 0.763. The molecule has 0 radical (unpaired) electrons. The van der Waals surface area contributed by atoms with Crippen LogP contribution in [0.2, 0.25) is 0 Å². The highest BCUT2D eigenvalue weighted by Crippen LogP contribution is 2.22. The summed E-state index contributed by atoms with van der Waals surface area (Å²) in [6.45, 7) is 2.46. The summed E-state index contributed by atoms with van der Waals surface area (Å²) in [5, 5.41) is 10.9. The number of nitrogens with one attached hydrogen (secondary N) is 2. The first-order valence-electron chi connectivity index (χ1n) is 8.54. The summed E-state index contributed by atoms with van der Waals surface area (Å²) in [6.07, 6.45) is 3.21. The number of aromatic nitrogens is 3. The monoisotopic (exact) mass is 336 g/mol. The molecular formula is C19H20N4O2. The van der Waals surface area contributed by atoms with E-state index in [0.717, 1.165) is 36.2 Å². The van der Waals surface area contributed by atoms with Crippen LogP contribution in [0.25, 0.3) is 10.9 Å². The van der Waals surface area contributed by atoms with Crippen molar-refractivity contribution in [3.05, 3.63) is 63.2 Å². The van der Waals surface area contributed by atoms with Crippen LogP contribution in [0.3, 0.4) is 0 Å². The van der Waals surface area contributed by atoms with Crippen molar-refractivity contribution in [3.8, 4) is 0 Å². The fraction of sp³-hybridized carbons (Fsp3) is 0.316. The molecule has 0 unspecified atom stereocenters. The normalized spacial score (nSPS) is 13.2. The van der Waals surface area contributed by atoms with Gasteiger partial charge < -0.3 is 9.88 Å². The summed E-state index contributed by atoms with van der Waals surface area (Å²) in [5.74, 6) is -0.0911. The Balaban J connectivity index is 1.53. The van der Waals surface area contributed by atoms with Gasteiger partial charge in [0.15, 0.2) is 5.43 Å². The molecule has 25 heavy (non-hydrogen) atoms. The predicted molar refractivity (Wildman–Crippen MR) is 95.4 cm³/mol. The van der Waals surface area contributed by atoms with E-state index in [1.54, 1.807) is 12.1 Å². The van der Waals surface area contributed by atoms with Gasteiger partial charge >= 0.3 is 0 Å². The molecule has 2 N–H and O–H groups in total. The fourth-order valence-electron chi connectivity index (χ4n) is 3.58. The first-order chi connectivity index (χ1) is 12.1. The molecule has 0 bridgehead atoms. The first kappa shape index (κ1) is 15.6. The van der Waals surface area contributed by atoms with Crippen LogP contribution >= 0.6 is 0 Å². The van der Waals surface area contributed by atoms with E-state index in [9.17, 15) is 9.59 Å². The Labute approximate surface area is 144 Å². The number of carbonyl (C=O) groups excluding carboxylic acids is 1. The van der Waals surface area contributed by atoms with Gasteiger partial charge in [0.1, 0.15) is 6.54 Å². The lowest BCUT2D eigenvalue weighted by Gasteiger charge is -2.14. The van der Waals surface area contributed by atoms with Gasteiger partial charge in [0.2, 0.25) is 5.91 Å². The number of hydrogen-bond acceptors (Lipinski definition) is 3. The third-order valence-corrected chi connectivity index (χ3v) is 4.87. The summed E-state index contributed by atoms with van der Waals surface area (Å²) in [6, 6.07) is 8.95. The number of hydrogen-bond donors (Lipinski definition) is 2.